The Balaban J connectivity index is 1.16. The Morgan fingerprint density at radius 1 is 1.14 bits per heavy atom. The molecule has 1 amide bonds. The van der Waals surface area contributed by atoms with E-state index in [0.29, 0.717) is 32.6 Å². The van der Waals surface area contributed by atoms with E-state index in [1.807, 2.05) is 6.92 Å². The number of carbonyl (C=O) groups excluding carboxylic acids is 1. The molecule has 3 aliphatic rings. The van der Waals surface area contributed by atoms with E-state index in [1.54, 1.807) is 30.3 Å². The van der Waals surface area contributed by atoms with Gasteiger partial charge in [-0.05, 0) is 37.3 Å². The number of hydrogen-bond acceptors (Lipinski definition) is 12. The summed E-state index contributed by atoms with van der Waals surface area (Å²) in [6, 6.07) is 10.4. The van der Waals surface area contributed by atoms with Crippen LogP contribution in [0.1, 0.15) is 10.6 Å². The molecule has 3 aromatic rings. The van der Waals surface area contributed by atoms with Crippen LogP contribution in [0.5, 0.6) is 5.75 Å². The van der Waals surface area contributed by atoms with Crippen LogP contribution < -0.4 is 4.74 Å². The quantitative estimate of drug-likeness (QED) is 0.257. The maximum atomic E-state index is 12.9. The molecule has 3 atom stereocenters. The number of ether oxygens (including phenoxy) is 1. The third-order valence-corrected chi connectivity index (χ3v) is 11.5. The van der Waals surface area contributed by atoms with Gasteiger partial charge in [0.25, 0.3) is 16.0 Å². The Kier molecular flexibility index (Phi) is 7.51. The van der Waals surface area contributed by atoms with Gasteiger partial charge in [-0.3, -0.25) is 14.7 Å². The number of thioether (sulfide) groups is 2. The Morgan fingerprint density at radius 2 is 1.90 bits per heavy atom. The molecule has 218 valence electrons. The van der Waals surface area contributed by atoms with Gasteiger partial charge in [-0.2, -0.15) is 8.42 Å². The third kappa shape index (κ3) is 5.28. The number of aromatic nitrogens is 1. The van der Waals surface area contributed by atoms with Crippen LogP contribution in [0.25, 0.3) is 10.2 Å². The normalized spacial score (nSPS) is 22.1. The molecule has 42 heavy (non-hydrogen) atoms. The first-order valence-corrected chi connectivity index (χ1v) is 16.6. The van der Waals surface area contributed by atoms with E-state index in [2.05, 4.69) is 9.98 Å². The molecule has 3 unspecified atom stereocenters. The lowest BCUT2D eigenvalue weighted by Crippen LogP contribution is -2.66. The van der Waals surface area contributed by atoms with E-state index in [9.17, 15) is 33.0 Å². The van der Waals surface area contributed by atoms with Gasteiger partial charge < -0.3 is 14.9 Å². The van der Waals surface area contributed by atoms with Crippen LogP contribution >= 0.6 is 34.9 Å². The second-order valence-electron chi connectivity index (χ2n) is 9.49. The Hall–Kier alpha value is -3.44. The highest BCUT2D eigenvalue weighted by atomic mass is 32.2. The lowest BCUT2D eigenvalue weighted by atomic mass is 10.1. The molecule has 0 aliphatic carbocycles. The topological polar surface area (TPSA) is 173 Å². The molecule has 1 fully saturated rings. The predicted molar refractivity (Wildman–Crippen MR) is 157 cm³/mol. The zero-order valence-electron chi connectivity index (χ0n) is 21.6. The standard InChI is InChI=1S/C26H21N3O9S4/c1-12-2-5-15(6-3-12)42(35,36)38-20-23(30)29-19(26(33)34)13(10-40-24(20)29)9-37-14-4-7-16-18(8-14)41-22(27-16)21-28-17(11-39-21)25(31)32/h2-8,17,20,24H,9-11H2,1H3,(H,31,32)(H,33,34). The summed E-state index contributed by atoms with van der Waals surface area (Å²) in [5.41, 5.74) is 1.66. The van der Waals surface area contributed by atoms with Crippen LogP contribution in [-0.2, 0) is 28.7 Å². The highest BCUT2D eigenvalue weighted by Crippen LogP contribution is 2.43. The van der Waals surface area contributed by atoms with Gasteiger partial charge in [0, 0.05) is 17.1 Å². The average molecular weight is 648 g/mol. The fraction of sp³-hybridized carbons (Fsp3) is 0.269. The van der Waals surface area contributed by atoms with Crippen LogP contribution in [-0.4, -0.2) is 87.0 Å². The molecule has 16 heteroatoms. The summed E-state index contributed by atoms with van der Waals surface area (Å²) < 4.78 is 37.4. The minimum atomic E-state index is -4.23. The van der Waals surface area contributed by atoms with E-state index < -0.39 is 45.5 Å². The molecule has 0 saturated carbocycles. The molecule has 6 rings (SSSR count). The number of fused-ring (bicyclic) bond motifs is 2. The van der Waals surface area contributed by atoms with Crippen molar-refractivity contribution in [1.82, 2.24) is 9.88 Å². The van der Waals surface area contributed by atoms with Gasteiger partial charge in [-0.1, -0.05) is 17.7 Å². The monoisotopic (exact) mass is 647 g/mol. The minimum absolute atomic E-state index is 0.0901. The smallest absolute Gasteiger partial charge is 0.352 e. The van der Waals surface area contributed by atoms with Gasteiger partial charge >= 0.3 is 11.9 Å². The summed E-state index contributed by atoms with van der Waals surface area (Å²) >= 11 is 3.88. The number of aliphatic carboxylic acids is 2. The fourth-order valence-corrected chi connectivity index (χ4v) is 8.99. The van der Waals surface area contributed by atoms with Crippen LogP contribution in [0.15, 0.2) is 63.6 Å². The first-order chi connectivity index (χ1) is 20.0. The Morgan fingerprint density at radius 3 is 2.60 bits per heavy atom. The van der Waals surface area contributed by atoms with Crippen LogP contribution in [0.2, 0.25) is 0 Å². The summed E-state index contributed by atoms with van der Waals surface area (Å²) in [6.45, 7) is 1.70. The minimum Gasteiger partial charge on any atom is -0.489 e. The number of hydrogen-bond donors (Lipinski definition) is 2. The first-order valence-electron chi connectivity index (χ1n) is 12.4. The van der Waals surface area contributed by atoms with Gasteiger partial charge in [-0.25, -0.2) is 18.8 Å². The second-order valence-corrected chi connectivity index (χ2v) is 14.2. The van der Waals surface area contributed by atoms with Crippen molar-refractivity contribution < 1.29 is 41.9 Å². The summed E-state index contributed by atoms with van der Waals surface area (Å²) in [5, 5.41) is 19.5. The maximum absolute atomic E-state index is 12.9. The summed E-state index contributed by atoms with van der Waals surface area (Å²) in [4.78, 5) is 46.1. The molecule has 0 spiro atoms. The number of carbonyl (C=O) groups is 3. The highest BCUT2D eigenvalue weighted by molar-refractivity contribution is 8.15. The number of rotatable bonds is 9. The number of aryl methyl sites for hydroxylation is 1. The van der Waals surface area contributed by atoms with Crippen molar-refractivity contribution in [2.75, 3.05) is 18.1 Å². The number of carboxylic acid groups (broad SMARTS) is 2. The number of nitrogens with zero attached hydrogens (tertiary/aromatic N) is 3. The Bertz CT molecular complexity index is 1800. The van der Waals surface area contributed by atoms with Crippen molar-refractivity contribution >= 4 is 78.1 Å². The number of aliphatic imine (C=N–C) groups is 1. The van der Waals surface area contributed by atoms with E-state index >= 15 is 0 Å². The molecule has 1 aromatic heterocycles. The van der Waals surface area contributed by atoms with Gasteiger partial charge in [0.05, 0.1) is 15.1 Å². The van der Waals surface area contributed by atoms with E-state index in [-0.39, 0.29) is 23.0 Å². The molecule has 12 nitrogen and oxygen atoms in total. The van der Waals surface area contributed by atoms with Gasteiger partial charge in [0.2, 0.25) is 0 Å². The maximum Gasteiger partial charge on any atom is 0.352 e. The summed E-state index contributed by atoms with van der Waals surface area (Å²) in [5.74, 6) is -2.07. The number of benzene rings is 2. The van der Waals surface area contributed by atoms with Crippen LogP contribution in [0.3, 0.4) is 0 Å². The van der Waals surface area contributed by atoms with Crippen molar-refractivity contribution in [2.45, 2.75) is 29.3 Å². The zero-order valence-corrected chi connectivity index (χ0v) is 24.9. The third-order valence-electron chi connectivity index (χ3n) is 6.63. The zero-order chi connectivity index (χ0) is 29.8. The van der Waals surface area contributed by atoms with E-state index in [1.165, 1.54) is 47.0 Å². The summed E-state index contributed by atoms with van der Waals surface area (Å²) in [7, 11) is -4.23. The lowest BCUT2D eigenvalue weighted by molar-refractivity contribution is -0.156. The van der Waals surface area contributed by atoms with Crippen molar-refractivity contribution in [1.29, 1.82) is 0 Å². The van der Waals surface area contributed by atoms with Crippen molar-refractivity contribution in [2.24, 2.45) is 4.99 Å². The second kappa shape index (κ2) is 11.0. The molecule has 0 bridgehead atoms. The average Bonchev–Trinajstić information content (AvgIpc) is 3.62. The number of thiazole rings is 1. The molecule has 2 N–H and O–H groups in total. The van der Waals surface area contributed by atoms with Gasteiger partial charge in [0.1, 0.15) is 33.5 Å². The highest BCUT2D eigenvalue weighted by Gasteiger charge is 2.56. The van der Waals surface area contributed by atoms with E-state index in [4.69, 9.17) is 8.92 Å². The van der Waals surface area contributed by atoms with Crippen molar-refractivity contribution in [3.63, 3.8) is 0 Å². The SMILES string of the molecule is Cc1ccc(S(=O)(=O)OC2C(=O)N3C(C(=O)O)=C(COc4ccc5nc(C6=NC(C(=O)O)CS6)sc5c4)CSC23)cc1. The Labute approximate surface area is 251 Å². The molecular weight excluding hydrogens is 627 g/mol. The molecule has 3 aliphatic heterocycles. The first kappa shape index (κ1) is 28.7. The van der Waals surface area contributed by atoms with Crippen LogP contribution in [0.4, 0.5) is 0 Å². The molecule has 0 radical (unpaired) electrons. The fourth-order valence-electron chi connectivity index (χ4n) is 4.49. The van der Waals surface area contributed by atoms with E-state index in [0.717, 1.165) is 15.2 Å². The lowest BCUT2D eigenvalue weighted by Gasteiger charge is -2.48. The largest absolute Gasteiger partial charge is 0.489 e. The molecule has 4 heterocycles. The van der Waals surface area contributed by atoms with Gasteiger partial charge in [0.15, 0.2) is 12.1 Å². The van der Waals surface area contributed by atoms with Crippen LogP contribution in [0, 0.1) is 6.92 Å². The van der Waals surface area contributed by atoms with Crippen molar-refractivity contribution in [3.05, 3.63) is 64.3 Å². The molecule has 1 saturated heterocycles. The predicted octanol–water partition coefficient (Wildman–Crippen LogP) is 2.96. The molecular formula is C26H21N3O9S4. The summed E-state index contributed by atoms with van der Waals surface area (Å²) in [6.07, 6.45) is -1.34. The van der Waals surface area contributed by atoms with Gasteiger partial charge in [-0.15, -0.1) is 34.9 Å². The molecule has 2 aromatic carbocycles. The van der Waals surface area contributed by atoms with Crippen molar-refractivity contribution in [3.8, 4) is 5.75 Å². The number of amides is 1. The number of β-lactam (4-membered cyclic amide) rings is 1. The number of carboxylic acids is 2.